The van der Waals surface area contributed by atoms with Gasteiger partial charge in [0.15, 0.2) is 8.32 Å². The van der Waals surface area contributed by atoms with Crippen LogP contribution in [0.1, 0.15) is 138 Å². The minimum Gasteiger partial charge on any atom is -0.496 e. The Morgan fingerprint density at radius 2 is 1.49 bits per heavy atom. The maximum Gasteiger partial charge on any atom is 0.219 e. The molecule has 3 saturated carbocycles. The van der Waals surface area contributed by atoms with E-state index in [0.29, 0.717) is 28.1 Å². The van der Waals surface area contributed by atoms with Gasteiger partial charge in [-0.2, -0.15) is 0 Å². The summed E-state index contributed by atoms with van der Waals surface area (Å²) in [5, 5.41) is 0.128. The van der Waals surface area contributed by atoms with Crippen molar-refractivity contribution in [2.24, 2.45) is 45.3 Å². The lowest BCUT2D eigenvalue weighted by Crippen LogP contribution is -2.67. The van der Waals surface area contributed by atoms with Crippen molar-refractivity contribution in [1.82, 2.24) is 0 Å². The van der Waals surface area contributed by atoms with Crippen LogP contribution in [0.2, 0.25) is 18.1 Å². The summed E-state index contributed by atoms with van der Waals surface area (Å²) in [6.45, 7) is 30.0. The zero-order valence-corrected chi connectivity index (χ0v) is 38.8. The Labute approximate surface area is 335 Å². The van der Waals surface area contributed by atoms with Gasteiger partial charge in [0, 0.05) is 22.0 Å². The van der Waals surface area contributed by atoms with E-state index in [2.05, 4.69) is 107 Å². The Kier molecular flexibility index (Phi) is 11.1. The number of thioether (sulfide) groups is 1. The Morgan fingerprint density at radius 3 is 2.09 bits per heavy atom. The number of thiocarbonyl (C=S) groups is 1. The lowest BCUT2D eigenvalue weighted by Gasteiger charge is -2.70. The number of rotatable bonds is 8. The van der Waals surface area contributed by atoms with Crippen LogP contribution in [0.4, 0.5) is 0 Å². The molecule has 0 aliphatic heterocycles. The largest absolute Gasteiger partial charge is 0.496 e. The third-order valence-corrected chi connectivity index (χ3v) is 23.0. The molecule has 6 rings (SSSR count). The van der Waals surface area contributed by atoms with Gasteiger partial charge in [-0.3, -0.25) is 0 Å². The average Bonchev–Trinajstić information content (AvgIpc) is 3.40. The fourth-order valence-corrected chi connectivity index (χ4v) is 15.3. The number of allylic oxidation sites excluding steroid dienone is 2. The molecule has 5 aliphatic carbocycles. The molecule has 5 aliphatic rings. The fraction of sp³-hybridized carbons (Fsp3) is 0.804. The molecule has 0 N–H and O–H groups in total. The van der Waals surface area contributed by atoms with Crippen molar-refractivity contribution in [2.45, 2.75) is 169 Å². The zero-order chi connectivity index (χ0) is 39.2. The van der Waals surface area contributed by atoms with Crippen LogP contribution in [-0.4, -0.2) is 45.4 Å². The monoisotopic (exact) mass is 782 g/mol. The van der Waals surface area contributed by atoms with Crippen molar-refractivity contribution >= 4 is 36.7 Å². The summed E-state index contributed by atoms with van der Waals surface area (Å²) >= 11 is 7.60. The molecule has 0 saturated heterocycles. The van der Waals surface area contributed by atoms with Gasteiger partial charge in [-0.05, 0) is 160 Å². The third kappa shape index (κ3) is 6.52. The first-order valence-electron chi connectivity index (χ1n) is 20.9. The van der Waals surface area contributed by atoms with Crippen LogP contribution in [0, 0.1) is 45.3 Å². The molecule has 0 radical (unpaired) electrons. The van der Waals surface area contributed by atoms with E-state index in [0.717, 1.165) is 30.8 Å². The van der Waals surface area contributed by atoms with E-state index in [1.807, 2.05) is 14.2 Å². The van der Waals surface area contributed by atoms with Gasteiger partial charge in [0.1, 0.15) is 17.6 Å². The van der Waals surface area contributed by atoms with Crippen molar-refractivity contribution in [2.75, 3.05) is 20.5 Å². The van der Waals surface area contributed by atoms with E-state index in [1.165, 1.54) is 61.6 Å². The lowest BCUT2D eigenvalue weighted by molar-refractivity contribution is -0.227. The first-order valence-corrected chi connectivity index (χ1v) is 25.4. The summed E-state index contributed by atoms with van der Waals surface area (Å²) in [5.41, 5.74) is 4.80. The van der Waals surface area contributed by atoms with Crippen molar-refractivity contribution in [1.29, 1.82) is 0 Å². The molecule has 298 valence electrons. The molecular formula is C46H74O4S2Si. The van der Waals surface area contributed by atoms with Gasteiger partial charge in [-0.1, -0.05) is 85.7 Å². The highest BCUT2D eigenvalue weighted by Crippen LogP contribution is 2.74. The van der Waals surface area contributed by atoms with Crippen LogP contribution in [-0.2, 0) is 21.0 Å². The Balaban J connectivity index is 1.46. The van der Waals surface area contributed by atoms with E-state index in [1.54, 1.807) is 11.8 Å². The highest BCUT2D eigenvalue weighted by atomic mass is 32.2. The molecule has 1 aromatic rings. The number of hydrogen-bond donors (Lipinski definition) is 0. The van der Waals surface area contributed by atoms with Gasteiger partial charge in [0.05, 0.1) is 20.3 Å². The van der Waals surface area contributed by atoms with Crippen molar-refractivity contribution in [3.63, 3.8) is 0 Å². The molecule has 7 heteroatoms. The van der Waals surface area contributed by atoms with E-state index in [9.17, 15) is 0 Å². The molecule has 0 spiro atoms. The molecule has 0 bridgehead atoms. The van der Waals surface area contributed by atoms with E-state index in [4.69, 9.17) is 30.9 Å². The highest BCUT2D eigenvalue weighted by molar-refractivity contribution is 8.22. The summed E-state index contributed by atoms with van der Waals surface area (Å²) in [4.78, 5) is 0. The van der Waals surface area contributed by atoms with Crippen LogP contribution in [0.25, 0.3) is 0 Å². The van der Waals surface area contributed by atoms with Gasteiger partial charge in [0.25, 0.3) is 0 Å². The second-order valence-electron chi connectivity index (χ2n) is 21.3. The van der Waals surface area contributed by atoms with Gasteiger partial charge >= 0.3 is 0 Å². The quantitative estimate of drug-likeness (QED) is 0.149. The van der Waals surface area contributed by atoms with Crippen LogP contribution in [0.5, 0.6) is 11.5 Å². The summed E-state index contributed by atoms with van der Waals surface area (Å²) in [5.74, 6) is 4.17. The maximum atomic E-state index is 7.72. The molecular weight excluding hydrogens is 709 g/mol. The third-order valence-electron chi connectivity index (χ3n) is 17.5. The second kappa shape index (κ2) is 14.1. The second-order valence-corrected chi connectivity index (χ2v) is 27.5. The molecule has 0 heterocycles. The number of fused-ring (bicyclic) bond motifs is 7. The smallest absolute Gasteiger partial charge is 0.219 e. The molecule has 1 aromatic carbocycles. The highest BCUT2D eigenvalue weighted by Gasteiger charge is 2.70. The topological polar surface area (TPSA) is 36.9 Å². The molecule has 0 unspecified atom stereocenters. The molecule has 0 aromatic heterocycles. The fourth-order valence-electron chi connectivity index (χ4n) is 13.6. The first kappa shape index (κ1) is 41.6. The molecule has 10 atom stereocenters. The van der Waals surface area contributed by atoms with Gasteiger partial charge in [-0.25, -0.2) is 0 Å². The van der Waals surface area contributed by atoms with Gasteiger partial charge in [0.2, 0.25) is 4.38 Å². The normalized spacial score (nSPS) is 38.4. The first-order chi connectivity index (χ1) is 24.5. The summed E-state index contributed by atoms with van der Waals surface area (Å²) < 4.78 is 27.8. The Morgan fingerprint density at radius 1 is 0.887 bits per heavy atom. The maximum absolute atomic E-state index is 7.72. The number of methoxy groups -OCH3 is 2. The van der Waals surface area contributed by atoms with Crippen molar-refractivity contribution in [3.8, 4) is 11.5 Å². The summed E-state index contributed by atoms with van der Waals surface area (Å²) in [6.07, 6.45) is 16.3. The minimum atomic E-state index is -2.11. The Hall–Kier alpha value is -1.02. The minimum absolute atomic E-state index is 0.0185. The van der Waals surface area contributed by atoms with Crippen molar-refractivity contribution < 1.29 is 18.6 Å². The van der Waals surface area contributed by atoms with Crippen LogP contribution in [0.3, 0.4) is 0 Å². The van der Waals surface area contributed by atoms with Gasteiger partial charge in [-0.15, -0.1) is 0 Å². The van der Waals surface area contributed by atoms with Crippen LogP contribution < -0.4 is 9.47 Å². The van der Waals surface area contributed by atoms with Crippen LogP contribution in [0.15, 0.2) is 23.8 Å². The number of benzene rings is 1. The van der Waals surface area contributed by atoms with Crippen molar-refractivity contribution in [3.05, 3.63) is 34.9 Å². The molecule has 0 amide bonds. The zero-order valence-electron chi connectivity index (χ0n) is 36.2. The number of ether oxygens (including phenoxy) is 3. The molecule has 53 heavy (non-hydrogen) atoms. The van der Waals surface area contributed by atoms with Gasteiger partial charge < -0.3 is 18.6 Å². The van der Waals surface area contributed by atoms with E-state index < -0.39 is 8.32 Å². The number of hydrogen-bond acceptors (Lipinski definition) is 6. The predicted molar refractivity (Wildman–Crippen MR) is 231 cm³/mol. The summed E-state index contributed by atoms with van der Waals surface area (Å²) in [6, 6.07) is 4.28. The molecule has 4 nitrogen and oxygen atoms in total. The Bertz CT molecular complexity index is 1600. The average molecular weight is 783 g/mol. The SMILES string of the molecule is COc1ccc(OC)c2c1C[C@H]1[C@]3(C)CC[C@@H]4[C@](C)(CC[C@H](O[Si](C)(C)C(C)(C)C)[C@@]4(C)[C@@H](C[C@@H]4C(C)=CCCC4(C)C)OC(=S)SC)[C@H]3CC[C@]21C. The van der Waals surface area contributed by atoms with E-state index in [-0.39, 0.29) is 44.3 Å². The predicted octanol–water partition coefficient (Wildman–Crippen LogP) is 13.0. The summed E-state index contributed by atoms with van der Waals surface area (Å²) in [7, 11) is 1.57. The standard InChI is InChI=1S/C46H74O4S2Si/c1-29-17-16-23-42(5,6)31(29)28-38(49-40(51)52-13)46(10)35-21-24-44(8)34(43(35,7)26-22-37(46)50-53(14,15)41(2,3)4)20-25-45(9)36(44)27-30-32(47-11)18-19-33(48-12)39(30)45/h17-19,31,34-38H,16,20-28H2,1-15H3/t31-,34-,35-,36+,37+,38-,43-,44-,45+,46+/m1/s1. The van der Waals surface area contributed by atoms with Crippen LogP contribution >= 0.6 is 24.0 Å². The lowest BCUT2D eigenvalue weighted by atomic mass is 9.36. The van der Waals surface area contributed by atoms with E-state index >= 15 is 0 Å². The molecule has 3 fully saturated rings.